The van der Waals surface area contributed by atoms with Crippen molar-refractivity contribution in [1.29, 1.82) is 5.26 Å². The van der Waals surface area contributed by atoms with Crippen molar-refractivity contribution in [3.8, 4) is 17.3 Å². The number of thiazole rings is 1. The molecule has 0 aliphatic rings. The van der Waals surface area contributed by atoms with Crippen molar-refractivity contribution < 1.29 is 0 Å². The van der Waals surface area contributed by atoms with Crippen LogP contribution in [0.5, 0.6) is 0 Å². The van der Waals surface area contributed by atoms with Crippen LogP contribution in [0.2, 0.25) is 0 Å². The van der Waals surface area contributed by atoms with Crippen LogP contribution < -0.4 is 5.32 Å². The highest BCUT2D eigenvalue weighted by molar-refractivity contribution is 7.14. The lowest BCUT2D eigenvalue weighted by molar-refractivity contribution is 0.688. The number of hydrogen-bond donors (Lipinski definition) is 1. The molecular weight excluding hydrogens is 242 g/mol. The number of hydrogen-bond acceptors (Lipinski definition) is 4. The van der Waals surface area contributed by atoms with Crippen LogP contribution in [0.15, 0.2) is 29.6 Å². The van der Waals surface area contributed by atoms with E-state index in [2.05, 4.69) is 30.2 Å². The molecule has 1 N–H and O–H groups in total. The average Bonchev–Trinajstić information content (AvgIpc) is 2.85. The zero-order valence-electron chi connectivity index (χ0n) is 10.5. The molecule has 0 saturated carbocycles. The van der Waals surface area contributed by atoms with Gasteiger partial charge in [-0.3, -0.25) is 0 Å². The van der Waals surface area contributed by atoms with E-state index in [0.29, 0.717) is 11.5 Å². The molecule has 0 radical (unpaired) electrons. The molecule has 92 valence electrons. The van der Waals surface area contributed by atoms with Gasteiger partial charge in [0.15, 0.2) is 5.13 Å². The van der Waals surface area contributed by atoms with Crippen LogP contribution >= 0.6 is 11.3 Å². The number of nitriles is 1. The van der Waals surface area contributed by atoms with Gasteiger partial charge < -0.3 is 5.32 Å². The Kier molecular flexibility index (Phi) is 3.96. The lowest BCUT2D eigenvalue weighted by Gasteiger charge is -2.04. The summed E-state index contributed by atoms with van der Waals surface area (Å²) in [5, 5.41) is 15.0. The molecule has 0 spiro atoms. The minimum Gasteiger partial charge on any atom is -0.361 e. The molecular formula is C14H15N3S. The van der Waals surface area contributed by atoms with Crippen LogP contribution in [-0.4, -0.2) is 11.5 Å². The van der Waals surface area contributed by atoms with Gasteiger partial charge in [0, 0.05) is 17.5 Å². The van der Waals surface area contributed by atoms with Crippen molar-refractivity contribution in [2.24, 2.45) is 5.92 Å². The molecule has 3 nitrogen and oxygen atoms in total. The van der Waals surface area contributed by atoms with Crippen molar-refractivity contribution in [2.45, 2.75) is 13.8 Å². The van der Waals surface area contributed by atoms with Gasteiger partial charge in [0.2, 0.25) is 0 Å². The molecule has 18 heavy (non-hydrogen) atoms. The summed E-state index contributed by atoms with van der Waals surface area (Å²) in [6, 6.07) is 9.60. The maximum absolute atomic E-state index is 8.75. The third kappa shape index (κ3) is 3.08. The molecule has 0 saturated heterocycles. The molecule has 2 rings (SSSR count). The highest BCUT2D eigenvalue weighted by Crippen LogP contribution is 2.25. The molecule has 4 heteroatoms. The average molecular weight is 257 g/mol. The molecule has 0 atom stereocenters. The van der Waals surface area contributed by atoms with Crippen LogP contribution in [0.1, 0.15) is 19.4 Å². The molecule has 1 aromatic heterocycles. The molecule has 0 amide bonds. The Hall–Kier alpha value is -1.86. The molecule has 0 aliphatic carbocycles. The zero-order valence-corrected chi connectivity index (χ0v) is 11.3. The molecule has 0 bridgehead atoms. The minimum atomic E-state index is 0.604. The van der Waals surface area contributed by atoms with Crippen molar-refractivity contribution in [2.75, 3.05) is 11.9 Å². The van der Waals surface area contributed by atoms with Crippen LogP contribution in [0.25, 0.3) is 11.3 Å². The van der Waals surface area contributed by atoms with Gasteiger partial charge in [-0.05, 0) is 18.1 Å². The Bertz CT molecular complexity index is 549. The largest absolute Gasteiger partial charge is 0.361 e. The molecule has 0 unspecified atom stereocenters. The van der Waals surface area contributed by atoms with Crippen molar-refractivity contribution in [3.63, 3.8) is 0 Å². The first-order chi connectivity index (χ1) is 8.69. The van der Waals surface area contributed by atoms with Gasteiger partial charge in [-0.2, -0.15) is 5.26 Å². The lowest BCUT2D eigenvalue weighted by atomic mass is 10.1. The zero-order chi connectivity index (χ0) is 13.0. The summed E-state index contributed by atoms with van der Waals surface area (Å²) in [4.78, 5) is 4.53. The first-order valence-corrected chi connectivity index (χ1v) is 6.77. The first kappa shape index (κ1) is 12.6. The third-order valence-electron chi connectivity index (χ3n) is 2.48. The number of rotatable bonds is 4. The Morgan fingerprint density at radius 2 is 2.06 bits per heavy atom. The van der Waals surface area contributed by atoms with Crippen molar-refractivity contribution in [3.05, 3.63) is 35.2 Å². The minimum absolute atomic E-state index is 0.604. The van der Waals surface area contributed by atoms with Crippen molar-refractivity contribution in [1.82, 2.24) is 4.98 Å². The number of benzene rings is 1. The Morgan fingerprint density at radius 3 is 2.67 bits per heavy atom. The van der Waals surface area contributed by atoms with E-state index in [1.54, 1.807) is 11.3 Å². The second-order valence-electron chi connectivity index (χ2n) is 4.50. The van der Waals surface area contributed by atoms with Crippen LogP contribution in [-0.2, 0) is 0 Å². The molecule has 0 aliphatic heterocycles. The van der Waals surface area contributed by atoms with E-state index in [-0.39, 0.29) is 0 Å². The fourth-order valence-corrected chi connectivity index (χ4v) is 2.22. The number of nitrogens with one attached hydrogen (secondary N) is 1. The van der Waals surface area contributed by atoms with E-state index in [4.69, 9.17) is 5.26 Å². The summed E-state index contributed by atoms with van der Waals surface area (Å²) < 4.78 is 0. The van der Waals surface area contributed by atoms with E-state index in [1.165, 1.54) is 0 Å². The van der Waals surface area contributed by atoms with Crippen LogP contribution in [0.3, 0.4) is 0 Å². The summed E-state index contributed by atoms with van der Waals surface area (Å²) in [5.74, 6) is 0.604. The predicted octanol–water partition coefficient (Wildman–Crippen LogP) is 3.75. The van der Waals surface area contributed by atoms with E-state index >= 15 is 0 Å². The summed E-state index contributed by atoms with van der Waals surface area (Å²) in [6.45, 7) is 5.27. The predicted molar refractivity (Wildman–Crippen MR) is 75.6 cm³/mol. The lowest BCUT2D eigenvalue weighted by Crippen LogP contribution is -2.07. The van der Waals surface area contributed by atoms with Gasteiger partial charge in [-0.1, -0.05) is 26.0 Å². The number of nitrogens with zero attached hydrogens (tertiary/aromatic N) is 2. The Labute approximate surface area is 111 Å². The van der Waals surface area contributed by atoms with Gasteiger partial charge in [0.25, 0.3) is 0 Å². The molecule has 1 aromatic carbocycles. The number of anilines is 1. The quantitative estimate of drug-likeness (QED) is 0.907. The van der Waals surface area contributed by atoms with Gasteiger partial charge in [-0.15, -0.1) is 11.3 Å². The van der Waals surface area contributed by atoms with Gasteiger partial charge in [-0.25, -0.2) is 4.98 Å². The van der Waals surface area contributed by atoms with Crippen LogP contribution in [0, 0.1) is 17.2 Å². The van der Waals surface area contributed by atoms with E-state index in [9.17, 15) is 0 Å². The maximum atomic E-state index is 8.75. The second kappa shape index (κ2) is 5.65. The van der Waals surface area contributed by atoms with E-state index in [1.807, 2.05) is 29.6 Å². The molecule has 0 fully saturated rings. The maximum Gasteiger partial charge on any atom is 0.183 e. The topological polar surface area (TPSA) is 48.7 Å². The Morgan fingerprint density at radius 1 is 1.33 bits per heavy atom. The third-order valence-corrected chi connectivity index (χ3v) is 3.28. The summed E-state index contributed by atoms with van der Waals surface area (Å²) in [5.41, 5.74) is 2.67. The van der Waals surface area contributed by atoms with E-state index in [0.717, 1.165) is 22.9 Å². The standard InChI is InChI=1S/C14H15N3S/c1-10(2)8-16-14-17-13(9-18-14)12-5-3-11(7-15)4-6-12/h3-6,9-10H,8H2,1-2H3,(H,16,17). The summed E-state index contributed by atoms with van der Waals surface area (Å²) in [7, 11) is 0. The monoisotopic (exact) mass is 257 g/mol. The first-order valence-electron chi connectivity index (χ1n) is 5.89. The van der Waals surface area contributed by atoms with E-state index < -0.39 is 0 Å². The summed E-state index contributed by atoms with van der Waals surface area (Å²) in [6.07, 6.45) is 0. The summed E-state index contributed by atoms with van der Waals surface area (Å²) >= 11 is 1.61. The van der Waals surface area contributed by atoms with Crippen LogP contribution in [0.4, 0.5) is 5.13 Å². The van der Waals surface area contributed by atoms with Gasteiger partial charge >= 0.3 is 0 Å². The Balaban J connectivity index is 2.11. The fraction of sp³-hybridized carbons (Fsp3) is 0.286. The highest BCUT2D eigenvalue weighted by atomic mass is 32.1. The van der Waals surface area contributed by atoms with Gasteiger partial charge in [0.1, 0.15) is 0 Å². The second-order valence-corrected chi connectivity index (χ2v) is 5.36. The number of aromatic nitrogens is 1. The normalized spacial score (nSPS) is 10.3. The SMILES string of the molecule is CC(C)CNc1nc(-c2ccc(C#N)cc2)cs1. The van der Waals surface area contributed by atoms with Gasteiger partial charge in [0.05, 0.1) is 17.3 Å². The molecule has 2 aromatic rings. The fourth-order valence-electron chi connectivity index (χ4n) is 1.49. The highest BCUT2D eigenvalue weighted by Gasteiger charge is 2.04. The smallest absolute Gasteiger partial charge is 0.183 e. The van der Waals surface area contributed by atoms with Crippen molar-refractivity contribution >= 4 is 16.5 Å². The molecule has 1 heterocycles.